The summed E-state index contributed by atoms with van der Waals surface area (Å²) >= 11 is 0. The molecule has 0 radical (unpaired) electrons. The number of carbonyl (C=O) groups is 1. The summed E-state index contributed by atoms with van der Waals surface area (Å²) in [6.45, 7) is 4.33. The van der Waals surface area contributed by atoms with Crippen molar-refractivity contribution in [3.05, 3.63) is 0 Å². The summed E-state index contributed by atoms with van der Waals surface area (Å²) in [5.41, 5.74) is 0. The maximum Gasteiger partial charge on any atom is 0.236 e. The molecule has 0 aliphatic heterocycles. The third-order valence-corrected chi connectivity index (χ3v) is 2.15. The molecule has 0 bridgehead atoms. The molecule has 0 aliphatic carbocycles. The summed E-state index contributed by atoms with van der Waals surface area (Å²) in [6.07, 6.45) is 0.120. The second-order valence-electron chi connectivity index (χ2n) is 3.40. The first-order valence-electron chi connectivity index (χ1n) is 4.45. The molecular formula is C9H20N2O2. The van der Waals surface area contributed by atoms with Gasteiger partial charge in [-0.1, -0.05) is 0 Å². The summed E-state index contributed by atoms with van der Waals surface area (Å²) in [5, 5.41) is 3.10. The van der Waals surface area contributed by atoms with Crippen LogP contribution in [-0.4, -0.2) is 50.7 Å². The van der Waals surface area contributed by atoms with E-state index in [4.69, 9.17) is 4.74 Å². The average molecular weight is 188 g/mol. The maximum absolute atomic E-state index is 11.2. The first-order valence-corrected chi connectivity index (χ1v) is 4.45. The topological polar surface area (TPSA) is 41.6 Å². The normalized spacial score (nSPS) is 15.2. The third-order valence-electron chi connectivity index (χ3n) is 2.15. The standard InChI is InChI=1S/C9H20N2O2/c1-7(8(2)13-5)10-6-9(12)11(3)4/h7-8,10H,6H2,1-5H3. The molecule has 0 aromatic carbocycles. The SMILES string of the molecule is COC(C)C(C)NCC(=O)N(C)C. The predicted octanol–water partition coefficient (Wildman–Crippen LogP) is 0.0876. The van der Waals surface area contributed by atoms with Crippen LogP contribution in [0.2, 0.25) is 0 Å². The van der Waals surface area contributed by atoms with Crippen molar-refractivity contribution in [3.63, 3.8) is 0 Å². The second-order valence-corrected chi connectivity index (χ2v) is 3.40. The van der Waals surface area contributed by atoms with Gasteiger partial charge in [0.2, 0.25) is 5.91 Å². The number of ether oxygens (including phenoxy) is 1. The van der Waals surface area contributed by atoms with Crippen molar-refractivity contribution in [1.29, 1.82) is 0 Å². The third kappa shape index (κ3) is 4.85. The Kier molecular flexibility index (Phi) is 5.66. The molecule has 13 heavy (non-hydrogen) atoms. The van der Waals surface area contributed by atoms with Gasteiger partial charge in [-0.3, -0.25) is 4.79 Å². The summed E-state index contributed by atoms with van der Waals surface area (Å²) < 4.78 is 5.12. The number of likely N-dealkylation sites (N-methyl/N-ethyl adjacent to an activating group) is 1. The smallest absolute Gasteiger partial charge is 0.236 e. The van der Waals surface area contributed by atoms with E-state index in [-0.39, 0.29) is 18.1 Å². The van der Waals surface area contributed by atoms with Crippen LogP contribution in [0.15, 0.2) is 0 Å². The van der Waals surface area contributed by atoms with Crippen molar-refractivity contribution in [2.45, 2.75) is 26.0 Å². The fourth-order valence-electron chi connectivity index (χ4n) is 0.776. The molecule has 4 nitrogen and oxygen atoms in total. The molecule has 0 saturated heterocycles. The van der Waals surface area contributed by atoms with E-state index < -0.39 is 0 Å². The van der Waals surface area contributed by atoms with Gasteiger partial charge in [0.05, 0.1) is 12.6 Å². The summed E-state index contributed by atoms with van der Waals surface area (Å²) in [5.74, 6) is 0.0788. The first-order chi connectivity index (χ1) is 5.99. The molecular weight excluding hydrogens is 168 g/mol. The van der Waals surface area contributed by atoms with Crippen LogP contribution in [0.25, 0.3) is 0 Å². The molecule has 1 amide bonds. The number of nitrogens with one attached hydrogen (secondary N) is 1. The monoisotopic (exact) mass is 188 g/mol. The van der Waals surface area contributed by atoms with Crippen LogP contribution >= 0.6 is 0 Å². The van der Waals surface area contributed by atoms with Crippen molar-refractivity contribution < 1.29 is 9.53 Å². The van der Waals surface area contributed by atoms with Crippen molar-refractivity contribution in [3.8, 4) is 0 Å². The van der Waals surface area contributed by atoms with Gasteiger partial charge in [-0.2, -0.15) is 0 Å². The van der Waals surface area contributed by atoms with E-state index >= 15 is 0 Å². The van der Waals surface area contributed by atoms with Crippen molar-refractivity contribution in [1.82, 2.24) is 10.2 Å². The number of hydrogen-bond acceptors (Lipinski definition) is 3. The predicted molar refractivity (Wildman–Crippen MR) is 52.6 cm³/mol. The Labute approximate surface area is 80.2 Å². The largest absolute Gasteiger partial charge is 0.380 e. The Hall–Kier alpha value is -0.610. The van der Waals surface area contributed by atoms with E-state index in [2.05, 4.69) is 5.32 Å². The van der Waals surface area contributed by atoms with Crippen LogP contribution in [-0.2, 0) is 9.53 Å². The highest BCUT2D eigenvalue weighted by Crippen LogP contribution is 1.95. The molecule has 0 heterocycles. The van der Waals surface area contributed by atoms with Crippen molar-refractivity contribution in [2.24, 2.45) is 0 Å². The molecule has 0 fully saturated rings. The fraction of sp³-hybridized carbons (Fsp3) is 0.889. The van der Waals surface area contributed by atoms with E-state index in [1.165, 1.54) is 0 Å². The Morgan fingerprint density at radius 2 is 2.00 bits per heavy atom. The van der Waals surface area contributed by atoms with Gasteiger partial charge in [-0.05, 0) is 13.8 Å². The van der Waals surface area contributed by atoms with Gasteiger partial charge in [0, 0.05) is 27.2 Å². The molecule has 0 spiro atoms. The maximum atomic E-state index is 11.2. The Morgan fingerprint density at radius 1 is 1.46 bits per heavy atom. The zero-order valence-electron chi connectivity index (χ0n) is 9.13. The van der Waals surface area contributed by atoms with Gasteiger partial charge in [-0.15, -0.1) is 0 Å². The lowest BCUT2D eigenvalue weighted by Crippen LogP contribution is -2.42. The van der Waals surface area contributed by atoms with Crippen LogP contribution in [0.4, 0.5) is 0 Å². The lowest BCUT2D eigenvalue weighted by molar-refractivity contribution is -0.128. The molecule has 78 valence electrons. The van der Waals surface area contributed by atoms with E-state index in [9.17, 15) is 4.79 Å². The summed E-state index contributed by atoms with van der Waals surface area (Å²) in [6, 6.07) is 0.189. The molecule has 4 heteroatoms. The van der Waals surface area contributed by atoms with Crippen LogP contribution in [0, 0.1) is 0 Å². The van der Waals surface area contributed by atoms with Crippen LogP contribution in [0.5, 0.6) is 0 Å². The van der Waals surface area contributed by atoms with Gasteiger partial charge in [0.1, 0.15) is 0 Å². The lowest BCUT2D eigenvalue weighted by Gasteiger charge is -2.20. The Morgan fingerprint density at radius 3 is 2.38 bits per heavy atom. The number of nitrogens with zero attached hydrogens (tertiary/aromatic N) is 1. The number of rotatable bonds is 5. The minimum absolute atomic E-state index is 0.0788. The van der Waals surface area contributed by atoms with E-state index in [0.29, 0.717) is 6.54 Å². The Balaban J connectivity index is 3.69. The highest BCUT2D eigenvalue weighted by molar-refractivity contribution is 5.77. The fourth-order valence-corrected chi connectivity index (χ4v) is 0.776. The van der Waals surface area contributed by atoms with E-state index in [1.807, 2.05) is 13.8 Å². The molecule has 2 atom stereocenters. The molecule has 0 saturated carbocycles. The van der Waals surface area contributed by atoms with Gasteiger partial charge < -0.3 is 15.0 Å². The second kappa shape index (κ2) is 5.94. The molecule has 0 aliphatic rings. The van der Waals surface area contributed by atoms with E-state index in [1.54, 1.807) is 26.1 Å². The van der Waals surface area contributed by atoms with Crippen molar-refractivity contribution in [2.75, 3.05) is 27.7 Å². The van der Waals surface area contributed by atoms with Gasteiger partial charge in [-0.25, -0.2) is 0 Å². The molecule has 0 aromatic heterocycles. The lowest BCUT2D eigenvalue weighted by atomic mass is 10.2. The minimum Gasteiger partial charge on any atom is -0.380 e. The van der Waals surface area contributed by atoms with Crippen LogP contribution in [0.3, 0.4) is 0 Å². The Bertz CT molecular complexity index is 160. The van der Waals surface area contributed by atoms with Crippen LogP contribution < -0.4 is 5.32 Å². The highest BCUT2D eigenvalue weighted by Gasteiger charge is 2.12. The van der Waals surface area contributed by atoms with Gasteiger partial charge in [0.15, 0.2) is 0 Å². The quantitative estimate of drug-likeness (QED) is 0.664. The number of carbonyl (C=O) groups excluding carboxylic acids is 1. The number of hydrogen-bond donors (Lipinski definition) is 1. The molecule has 0 aromatic rings. The summed E-state index contributed by atoms with van der Waals surface area (Å²) in [7, 11) is 5.15. The molecule has 1 N–H and O–H groups in total. The van der Waals surface area contributed by atoms with Gasteiger partial charge in [0.25, 0.3) is 0 Å². The van der Waals surface area contributed by atoms with Crippen LogP contribution in [0.1, 0.15) is 13.8 Å². The summed E-state index contributed by atoms with van der Waals surface area (Å²) in [4.78, 5) is 12.7. The highest BCUT2D eigenvalue weighted by atomic mass is 16.5. The first kappa shape index (κ1) is 12.4. The zero-order valence-corrected chi connectivity index (χ0v) is 9.13. The number of amides is 1. The average Bonchev–Trinajstić information content (AvgIpc) is 2.11. The zero-order chi connectivity index (χ0) is 10.4. The van der Waals surface area contributed by atoms with E-state index in [0.717, 1.165) is 0 Å². The molecule has 2 unspecified atom stereocenters. The minimum atomic E-state index is 0.0788. The van der Waals surface area contributed by atoms with Gasteiger partial charge >= 0.3 is 0 Å². The van der Waals surface area contributed by atoms with Crippen molar-refractivity contribution >= 4 is 5.91 Å². The number of methoxy groups -OCH3 is 1. The molecule has 0 rings (SSSR count).